The summed E-state index contributed by atoms with van der Waals surface area (Å²) in [6.45, 7) is 0.774. The van der Waals surface area contributed by atoms with E-state index in [2.05, 4.69) is 5.32 Å². The molecule has 0 aromatic rings. The van der Waals surface area contributed by atoms with Crippen LogP contribution in [0.5, 0.6) is 0 Å². The molecule has 2 aliphatic carbocycles. The highest BCUT2D eigenvalue weighted by Gasteiger charge is 2.32. The standard InChI is InChI=1S/C11H20N2O/c12-7-8-2-1-3-10(6-8)13-11(14)9-4-5-9/h8-10H,1-7,12H2,(H,13,14). The maximum Gasteiger partial charge on any atom is 0.223 e. The lowest BCUT2D eigenvalue weighted by molar-refractivity contribution is -0.123. The molecule has 0 aromatic carbocycles. The number of hydrogen-bond donors (Lipinski definition) is 2. The fourth-order valence-electron chi connectivity index (χ4n) is 2.30. The highest BCUT2D eigenvalue weighted by Crippen LogP contribution is 2.30. The van der Waals surface area contributed by atoms with Gasteiger partial charge in [0.05, 0.1) is 0 Å². The van der Waals surface area contributed by atoms with Crippen molar-refractivity contribution in [2.24, 2.45) is 17.6 Å². The number of rotatable bonds is 3. The van der Waals surface area contributed by atoms with Gasteiger partial charge >= 0.3 is 0 Å². The van der Waals surface area contributed by atoms with Gasteiger partial charge in [-0.3, -0.25) is 4.79 Å². The first-order valence-electron chi connectivity index (χ1n) is 5.80. The van der Waals surface area contributed by atoms with Crippen LogP contribution in [-0.4, -0.2) is 18.5 Å². The Morgan fingerprint density at radius 2 is 2.07 bits per heavy atom. The molecule has 3 nitrogen and oxygen atoms in total. The molecule has 0 aromatic heterocycles. The summed E-state index contributed by atoms with van der Waals surface area (Å²) in [4.78, 5) is 11.5. The second kappa shape index (κ2) is 4.30. The van der Waals surface area contributed by atoms with Gasteiger partial charge in [0, 0.05) is 12.0 Å². The molecular weight excluding hydrogens is 176 g/mol. The third-order valence-corrected chi connectivity index (χ3v) is 3.41. The minimum Gasteiger partial charge on any atom is -0.353 e. The van der Waals surface area contributed by atoms with Crippen molar-refractivity contribution in [3.05, 3.63) is 0 Å². The number of amides is 1. The Labute approximate surface area is 85.4 Å². The molecule has 1 amide bonds. The summed E-state index contributed by atoms with van der Waals surface area (Å²) in [7, 11) is 0. The van der Waals surface area contributed by atoms with Crippen molar-refractivity contribution < 1.29 is 4.79 Å². The minimum absolute atomic E-state index is 0.285. The second-order valence-corrected chi connectivity index (χ2v) is 4.75. The van der Waals surface area contributed by atoms with Gasteiger partial charge in [0.25, 0.3) is 0 Å². The van der Waals surface area contributed by atoms with E-state index in [1.807, 2.05) is 0 Å². The molecule has 0 aliphatic heterocycles. The maximum absolute atomic E-state index is 11.5. The third-order valence-electron chi connectivity index (χ3n) is 3.41. The SMILES string of the molecule is NCC1CCCC(NC(=O)C2CC2)C1. The van der Waals surface area contributed by atoms with Crippen LogP contribution in [0.4, 0.5) is 0 Å². The number of nitrogens with one attached hydrogen (secondary N) is 1. The molecule has 3 heteroatoms. The monoisotopic (exact) mass is 196 g/mol. The van der Waals surface area contributed by atoms with Crippen LogP contribution >= 0.6 is 0 Å². The van der Waals surface area contributed by atoms with Gasteiger partial charge in [-0.15, -0.1) is 0 Å². The third kappa shape index (κ3) is 2.47. The molecule has 2 fully saturated rings. The van der Waals surface area contributed by atoms with Crippen molar-refractivity contribution in [1.82, 2.24) is 5.32 Å². The molecule has 2 atom stereocenters. The quantitative estimate of drug-likeness (QED) is 0.708. The van der Waals surface area contributed by atoms with Crippen LogP contribution in [0.1, 0.15) is 38.5 Å². The Kier molecular flexibility index (Phi) is 3.06. The Morgan fingerprint density at radius 3 is 2.71 bits per heavy atom. The zero-order valence-corrected chi connectivity index (χ0v) is 8.67. The van der Waals surface area contributed by atoms with Crippen LogP contribution in [0.25, 0.3) is 0 Å². The summed E-state index contributed by atoms with van der Waals surface area (Å²) >= 11 is 0. The summed E-state index contributed by atoms with van der Waals surface area (Å²) in [6.07, 6.45) is 6.89. The van der Waals surface area contributed by atoms with Crippen LogP contribution in [0.3, 0.4) is 0 Å². The largest absolute Gasteiger partial charge is 0.353 e. The fraction of sp³-hybridized carbons (Fsp3) is 0.909. The van der Waals surface area contributed by atoms with E-state index in [9.17, 15) is 4.79 Å². The highest BCUT2D eigenvalue weighted by atomic mass is 16.2. The molecule has 0 radical (unpaired) electrons. The molecule has 14 heavy (non-hydrogen) atoms. The van der Waals surface area contributed by atoms with Gasteiger partial charge < -0.3 is 11.1 Å². The molecule has 0 heterocycles. The molecular formula is C11H20N2O. The summed E-state index contributed by atoms with van der Waals surface area (Å²) in [5, 5.41) is 3.15. The van der Waals surface area contributed by atoms with Crippen molar-refractivity contribution in [3.63, 3.8) is 0 Å². The fourth-order valence-corrected chi connectivity index (χ4v) is 2.30. The molecule has 2 aliphatic rings. The number of carbonyl (C=O) groups is 1. The van der Waals surface area contributed by atoms with E-state index < -0.39 is 0 Å². The molecule has 80 valence electrons. The summed E-state index contributed by atoms with van der Waals surface area (Å²) in [5.74, 6) is 1.26. The predicted octanol–water partition coefficient (Wildman–Crippen LogP) is 1.03. The van der Waals surface area contributed by atoms with E-state index in [-0.39, 0.29) is 5.91 Å². The summed E-state index contributed by atoms with van der Waals surface area (Å²) in [6, 6.07) is 0.408. The average Bonchev–Trinajstić information content (AvgIpc) is 3.01. The molecule has 0 bridgehead atoms. The van der Waals surface area contributed by atoms with Crippen molar-refractivity contribution in [2.75, 3.05) is 6.54 Å². The Hall–Kier alpha value is -0.570. The van der Waals surface area contributed by atoms with Gasteiger partial charge in [-0.25, -0.2) is 0 Å². The van der Waals surface area contributed by atoms with E-state index in [4.69, 9.17) is 5.73 Å². The van der Waals surface area contributed by atoms with Gasteiger partial charge in [0.15, 0.2) is 0 Å². The maximum atomic E-state index is 11.5. The van der Waals surface area contributed by atoms with Crippen molar-refractivity contribution in [1.29, 1.82) is 0 Å². The number of carbonyl (C=O) groups excluding carboxylic acids is 1. The van der Waals surface area contributed by atoms with E-state index in [0.29, 0.717) is 17.9 Å². The van der Waals surface area contributed by atoms with Gasteiger partial charge in [-0.2, -0.15) is 0 Å². The lowest BCUT2D eigenvalue weighted by atomic mass is 9.86. The smallest absolute Gasteiger partial charge is 0.223 e. The molecule has 2 rings (SSSR count). The van der Waals surface area contributed by atoms with Crippen molar-refractivity contribution in [3.8, 4) is 0 Å². The van der Waals surface area contributed by atoms with Gasteiger partial charge in [-0.1, -0.05) is 6.42 Å². The zero-order chi connectivity index (χ0) is 9.97. The number of hydrogen-bond acceptors (Lipinski definition) is 2. The minimum atomic E-state index is 0.285. The highest BCUT2D eigenvalue weighted by molar-refractivity contribution is 5.81. The average molecular weight is 196 g/mol. The van der Waals surface area contributed by atoms with Crippen molar-refractivity contribution >= 4 is 5.91 Å². The molecule has 2 saturated carbocycles. The molecule has 2 unspecified atom stereocenters. The lowest BCUT2D eigenvalue weighted by Gasteiger charge is -2.28. The zero-order valence-electron chi connectivity index (χ0n) is 8.67. The molecule has 0 saturated heterocycles. The Bertz CT molecular complexity index is 213. The summed E-state index contributed by atoms with van der Waals surface area (Å²) in [5.41, 5.74) is 5.66. The molecule has 3 N–H and O–H groups in total. The Balaban J connectivity index is 1.76. The normalized spacial score (nSPS) is 32.6. The lowest BCUT2D eigenvalue weighted by Crippen LogP contribution is -2.40. The first-order valence-corrected chi connectivity index (χ1v) is 5.80. The van der Waals surface area contributed by atoms with E-state index in [0.717, 1.165) is 32.2 Å². The summed E-state index contributed by atoms with van der Waals surface area (Å²) < 4.78 is 0. The Morgan fingerprint density at radius 1 is 1.29 bits per heavy atom. The van der Waals surface area contributed by atoms with Crippen LogP contribution in [0.15, 0.2) is 0 Å². The molecule has 0 spiro atoms. The van der Waals surface area contributed by atoms with Crippen LogP contribution in [-0.2, 0) is 4.79 Å². The van der Waals surface area contributed by atoms with E-state index >= 15 is 0 Å². The number of nitrogens with two attached hydrogens (primary N) is 1. The van der Waals surface area contributed by atoms with Crippen LogP contribution in [0, 0.1) is 11.8 Å². The van der Waals surface area contributed by atoms with E-state index in [1.54, 1.807) is 0 Å². The van der Waals surface area contributed by atoms with Crippen LogP contribution in [0.2, 0.25) is 0 Å². The first kappa shape index (κ1) is 9.97. The van der Waals surface area contributed by atoms with Gasteiger partial charge in [-0.05, 0) is 44.6 Å². The van der Waals surface area contributed by atoms with Gasteiger partial charge in [0.2, 0.25) is 5.91 Å². The predicted molar refractivity (Wildman–Crippen MR) is 55.7 cm³/mol. The van der Waals surface area contributed by atoms with Crippen molar-refractivity contribution in [2.45, 2.75) is 44.6 Å². The van der Waals surface area contributed by atoms with E-state index in [1.165, 1.54) is 12.8 Å². The topological polar surface area (TPSA) is 55.1 Å². The van der Waals surface area contributed by atoms with Gasteiger partial charge in [0.1, 0.15) is 0 Å². The first-order chi connectivity index (χ1) is 6.79. The van der Waals surface area contributed by atoms with Crippen LogP contribution < -0.4 is 11.1 Å². The second-order valence-electron chi connectivity index (χ2n) is 4.75.